The van der Waals surface area contributed by atoms with E-state index < -0.39 is 0 Å². The van der Waals surface area contributed by atoms with E-state index in [4.69, 9.17) is 10.5 Å². The minimum absolute atomic E-state index is 0.284. The molecule has 1 aromatic carbocycles. The van der Waals surface area contributed by atoms with E-state index in [1.165, 1.54) is 7.11 Å². The number of methoxy groups -OCH3 is 1. The van der Waals surface area contributed by atoms with Gasteiger partial charge in [0.05, 0.1) is 12.7 Å². The summed E-state index contributed by atoms with van der Waals surface area (Å²) in [6.07, 6.45) is 1.69. The lowest BCUT2D eigenvalue weighted by Crippen LogP contribution is -2.14. The molecule has 1 heterocycles. The van der Waals surface area contributed by atoms with Crippen molar-refractivity contribution in [1.29, 1.82) is 0 Å². The van der Waals surface area contributed by atoms with Crippen molar-refractivity contribution in [1.82, 2.24) is 4.98 Å². The van der Waals surface area contributed by atoms with Crippen LogP contribution in [0.1, 0.15) is 15.9 Å². The second kappa shape index (κ2) is 5.39. The van der Waals surface area contributed by atoms with Crippen molar-refractivity contribution in [2.45, 2.75) is 6.92 Å². The maximum absolute atomic E-state index is 12.1. The number of nitrogens with one attached hydrogen (secondary N) is 1. The molecule has 1 amide bonds. The highest BCUT2D eigenvalue weighted by Crippen LogP contribution is 2.22. The molecule has 0 aliphatic rings. The highest BCUT2D eigenvalue weighted by molar-refractivity contribution is 6.06. The van der Waals surface area contributed by atoms with E-state index >= 15 is 0 Å². The number of rotatable bonds is 3. The SMILES string of the molecule is COc1cc(N)ccc1C(=O)Nc1ccc(C)cn1. The number of benzene rings is 1. The summed E-state index contributed by atoms with van der Waals surface area (Å²) < 4.78 is 5.14. The first-order valence-electron chi connectivity index (χ1n) is 5.77. The zero-order chi connectivity index (χ0) is 13.8. The van der Waals surface area contributed by atoms with E-state index in [1.54, 1.807) is 30.5 Å². The number of aryl methyl sites for hydroxylation is 1. The van der Waals surface area contributed by atoms with E-state index in [0.29, 0.717) is 22.8 Å². The van der Waals surface area contributed by atoms with Crippen molar-refractivity contribution in [2.24, 2.45) is 0 Å². The number of anilines is 2. The van der Waals surface area contributed by atoms with Gasteiger partial charge in [-0.25, -0.2) is 4.98 Å². The second-order valence-corrected chi connectivity index (χ2v) is 4.13. The molecule has 0 radical (unpaired) electrons. The van der Waals surface area contributed by atoms with Crippen molar-refractivity contribution < 1.29 is 9.53 Å². The molecule has 0 fully saturated rings. The number of amides is 1. The number of hydrogen-bond donors (Lipinski definition) is 2. The number of nitrogen functional groups attached to an aromatic ring is 1. The van der Waals surface area contributed by atoms with Crippen LogP contribution in [0.15, 0.2) is 36.5 Å². The number of carbonyl (C=O) groups is 1. The average molecular weight is 257 g/mol. The summed E-state index contributed by atoms with van der Waals surface area (Å²) in [5.41, 5.74) is 7.64. The van der Waals surface area contributed by atoms with E-state index in [2.05, 4.69) is 10.3 Å². The average Bonchev–Trinajstić information content (AvgIpc) is 2.41. The first-order valence-corrected chi connectivity index (χ1v) is 5.77. The predicted molar refractivity (Wildman–Crippen MR) is 74.3 cm³/mol. The van der Waals surface area contributed by atoms with Gasteiger partial charge in [-0.1, -0.05) is 6.07 Å². The summed E-state index contributed by atoms with van der Waals surface area (Å²) in [7, 11) is 1.50. The van der Waals surface area contributed by atoms with Gasteiger partial charge in [-0.05, 0) is 30.7 Å². The summed E-state index contributed by atoms with van der Waals surface area (Å²) in [4.78, 5) is 16.2. The zero-order valence-corrected chi connectivity index (χ0v) is 10.8. The minimum Gasteiger partial charge on any atom is -0.496 e. The molecule has 5 nitrogen and oxygen atoms in total. The summed E-state index contributed by atoms with van der Waals surface area (Å²) in [6.45, 7) is 1.93. The Hall–Kier alpha value is -2.56. The quantitative estimate of drug-likeness (QED) is 0.827. The van der Waals surface area contributed by atoms with Gasteiger partial charge in [0.15, 0.2) is 0 Å². The highest BCUT2D eigenvalue weighted by Gasteiger charge is 2.13. The van der Waals surface area contributed by atoms with Crippen LogP contribution < -0.4 is 15.8 Å². The Morgan fingerprint density at radius 3 is 2.74 bits per heavy atom. The van der Waals surface area contributed by atoms with Crippen LogP contribution in [0.5, 0.6) is 5.75 Å². The summed E-state index contributed by atoms with van der Waals surface area (Å²) in [5.74, 6) is 0.646. The third-order valence-corrected chi connectivity index (χ3v) is 2.62. The van der Waals surface area contributed by atoms with Gasteiger partial charge in [-0.2, -0.15) is 0 Å². The molecule has 2 rings (SSSR count). The van der Waals surface area contributed by atoms with Crippen LogP contribution in [0, 0.1) is 6.92 Å². The van der Waals surface area contributed by atoms with Crippen molar-refractivity contribution in [3.8, 4) is 5.75 Å². The smallest absolute Gasteiger partial charge is 0.260 e. The Balaban J connectivity index is 2.22. The molecule has 19 heavy (non-hydrogen) atoms. The zero-order valence-electron chi connectivity index (χ0n) is 10.8. The molecule has 98 valence electrons. The molecule has 0 spiro atoms. The summed E-state index contributed by atoms with van der Waals surface area (Å²) >= 11 is 0. The number of carbonyl (C=O) groups excluding carboxylic acids is 1. The Bertz CT molecular complexity index is 594. The standard InChI is InChI=1S/C14H15N3O2/c1-9-3-6-13(16-8-9)17-14(18)11-5-4-10(15)7-12(11)19-2/h3-8H,15H2,1-2H3,(H,16,17,18). The van der Waals surface area contributed by atoms with E-state index in [-0.39, 0.29) is 5.91 Å². The maximum Gasteiger partial charge on any atom is 0.260 e. The van der Waals surface area contributed by atoms with Crippen molar-refractivity contribution in [3.63, 3.8) is 0 Å². The van der Waals surface area contributed by atoms with Gasteiger partial charge in [-0.3, -0.25) is 4.79 Å². The van der Waals surface area contributed by atoms with Gasteiger partial charge in [0, 0.05) is 18.0 Å². The molecule has 0 unspecified atom stereocenters. The van der Waals surface area contributed by atoms with Gasteiger partial charge < -0.3 is 15.8 Å². The van der Waals surface area contributed by atoms with E-state index in [1.807, 2.05) is 13.0 Å². The fourth-order valence-corrected chi connectivity index (χ4v) is 1.62. The van der Waals surface area contributed by atoms with Gasteiger partial charge in [0.2, 0.25) is 0 Å². The molecule has 1 aromatic heterocycles. The molecular weight excluding hydrogens is 242 g/mol. The van der Waals surface area contributed by atoms with Gasteiger partial charge >= 0.3 is 0 Å². The lowest BCUT2D eigenvalue weighted by Gasteiger charge is -2.09. The van der Waals surface area contributed by atoms with Gasteiger partial charge in [0.1, 0.15) is 11.6 Å². The molecule has 0 aliphatic heterocycles. The molecule has 5 heteroatoms. The second-order valence-electron chi connectivity index (χ2n) is 4.13. The highest BCUT2D eigenvalue weighted by atomic mass is 16.5. The molecule has 0 bridgehead atoms. The van der Waals surface area contributed by atoms with E-state index in [0.717, 1.165) is 5.56 Å². The number of hydrogen-bond acceptors (Lipinski definition) is 4. The first-order chi connectivity index (χ1) is 9.10. The molecule has 0 saturated heterocycles. The minimum atomic E-state index is -0.284. The van der Waals surface area contributed by atoms with Crippen LogP contribution in [0.25, 0.3) is 0 Å². The number of pyridine rings is 1. The maximum atomic E-state index is 12.1. The van der Waals surface area contributed by atoms with E-state index in [9.17, 15) is 4.79 Å². The number of nitrogens with zero attached hydrogens (tertiary/aromatic N) is 1. The first kappa shape index (κ1) is 12.9. The van der Waals surface area contributed by atoms with Crippen LogP contribution in [-0.4, -0.2) is 18.0 Å². The Morgan fingerprint density at radius 1 is 1.32 bits per heavy atom. The number of aromatic nitrogens is 1. The lowest BCUT2D eigenvalue weighted by atomic mass is 10.1. The van der Waals surface area contributed by atoms with Crippen LogP contribution in [0.2, 0.25) is 0 Å². The lowest BCUT2D eigenvalue weighted by molar-refractivity contribution is 0.102. The largest absolute Gasteiger partial charge is 0.496 e. The van der Waals surface area contributed by atoms with Crippen LogP contribution >= 0.6 is 0 Å². The molecule has 3 N–H and O–H groups in total. The Labute approximate surface area is 111 Å². The van der Waals surface area contributed by atoms with Crippen LogP contribution in [0.4, 0.5) is 11.5 Å². The topological polar surface area (TPSA) is 77.2 Å². The summed E-state index contributed by atoms with van der Waals surface area (Å²) in [6, 6.07) is 8.51. The predicted octanol–water partition coefficient (Wildman–Crippen LogP) is 2.23. The molecule has 2 aromatic rings. The third-order valence-electron chi connectivity index (χ3n) is 2.62. The summed E-state index contributed by atoms with van der Waals surface area (Å²) in [5, 5.41) is 2.71. The van der Waals surface area contributed by atoms with Crippen molar-refractivity contribution in [2.75, 3.05) is 18.2 Å². The molecule has 0 saturated carbocycles. The normalized spacial score (nSPS) is 10.0. The molecular formula is C14H15N3O2. The van der Waals surface area contributed by atoms with Gasteiger partial charge in [0.25, 0.3) is 5.91 Å². The molecule has 0 aliphatic carbocycles. The Kier molecular flexibility index (Phi) is 3.66. The van der Waals surface area contributed by atoms with Gasteiger partial charge in [-0.15, -0.1) is 0 Å². The fourth-order valence-electron chi connectivity index (χ4n) is 1.62. The molecule has 0 atom stereocenters. The monoisotopic (exact) mass is 257 g/mol. The van der Waals surface area contributed by atoms with Crippen molar-refractivity contribution >= 4 is 17.4 Å². The van der Waals surface area contributed by atoms with Crippen LogP contribution in [0.3, 0.4) is 0 Å². The van der Waals surface area contributed by atoms with Crippen molar-refractivity contribution in [3.05, 3.63) is 47.7 Å². The number of nitrogens with two attached hydrogens (primary N) is 1. The Morgan fingerprint density at radius 2 is 2.11 bits per heavy atom. The fraction of sp³-hybridized carbons (Fsp3) is 0.143. The third kappa shape index (κ3) is 3.01. The number of ether oxygens (including phenoxy) is 1. The van der Waals surface area contributed by atoms with Crippen LogP contribution in [-0.2, 0) is 0 Å².